The van der Waals surface area contributed by atoms with Crippen LogP contribution in [0.25, 0.3) is 0 Å². The summed E-state index contributed by atoms with van der Waals surface area (Å²) in [5.41, 5.74) is 2.96. The van der Waals surface area contributed by atoms with Crippen LogP contribution in [0.4, 0.5) is 5.69 Å². The number of nitrogens with one attached hydrogen (secondary N) is 1. The molecule has 94 valence electrons. The van der Waals surface area contributed by atoms with Gasteiger partial charge in [-0.3, -0.25) is 0 Å². The molecule has 0 bridgehead atoms. The molecule has 0 fully saturated rings. The lowest BCUT2D eigenvalue weighted by Gasteiger charge is -2.26. The van der Waals surface area contributed by atoms with Gasteiger partial charge in [0.25, 0.3) is 0 Å². The summed E-state index contributed by atoms with van der Waals surface area (Å²) in [7, 11) is 0. The van der Waals surface area contributed by atoms with Crippen molar-refractivity contribution < 1.29 is 0 Å². The highest BCUT2D eigenvalue weighted by Crippen LogP contribution is 2.31. The van der Waals surface area contributed by atoms with Crippen molar-refractivity contribution in [2.24, 2.45) is 0 Å². The molecule has 1 heterocycles. The van der Waals surface area contributed by atoms with Gasteiger partial charge in [0.1, 0.15) is 0 Å². The van der Waals surface area contributed by atoms with Gasteiger partial charge >= 0.3 is 0 Å². The second kappa shape index (κ2) is 5.54. The number of benzene rings is 1. The van der Waals surface area contributed by atoms with Gasteiger partial charge in [0.2, 0.25) is 0 Å². The van der Waals surface area contributed by atoms with Crippen LogP contribution in [0.1, 0.15) is 32.8 Å². The van der Waals surface area contributed by atoms with E-state index in [1.54, 1.807) is 0 Å². The fourth-order valence-corrected chi connectivity index (χ4v) is 2.75. The van der Waals surface area contributed by atoms with Crippen molar-refractivity contribution in [1.82, 2.24) is 5.32 Å². The molecule has 0 radical (unpaired) electrons. The van der Waals surface area contributed by atoms with E-state index >= 15 is 0 Å². The first kappa shape index (κ1) is 12.4. The van der Waals surface area contributed by atoms with Gasteiger partial charge in [0, 0.05) is 24.3 Å². The molecule has 2 rings (SSSR count). The molecule has 0 aromatic heterocycles. The molecule has 1 aliphatic rings. The summed E-state index contributed by atoms with van der Waals surface area (Å²) in [6.07, 6.45) is 2.41. The van der Waals surface area contributed by atoms with E-state index in [1.807, 2.05) is 0 Å². The van der Waals surface area contributed by atoms with E-state index in [0.717, 1.165) is 13.1 Å². The van der Waals surface area contributed by atoms with E-state index in [1.165, 1.54) is 24.1 Å². The Labute approximate surface area is 105 Å². The van der Waals surface area contributed by atoms with Crippen molar-refractivity contribution in [3.05, 3.63) is 29.8 Å². The third kappa shape index (κ3) is 2.81. The summed E-state index contributed by atoms with van der Waals surface area (Å²) in [4.78, 5) is 2.56. The first-order chi connectivity index (χ1) is 8.22. The second-order valence-corrected chi connectivity index (χ2v) is 5.12. The highest BCUT2D eigenvalue weighted by Gasteiger charge is 2.25. The number of para-hydroxylation sites is 1. The SMILES string of the molecule is CCNC(C)CCN1c2ccccc2CC1C. The first-order valence-electron chi connectivity index (χ1n) is 6.80. The van der Waals surface area contributed by atoms with Crippen LogP contribution in [0.3, 0.4) is 0 Å². The molecule has 1 aliphatic heterocycles. The summed E-state index contributed by atoms with van der Waals surface area (Å²) in [6, 6.07) is 10.1. The van der Waals surface area contributed by atoms with E-state index in [9.17, 15) is 0 Å². The Kier molecular flexibility index (Phi) is 4.06. The molecule has 0 amide bonds. The van der Waals surface area contributed by atoms with Crippen molar-refractivity contribution in [3.63, 3.8) is 0 Å². The molecular formula is C15H24N2. The minimum Gasteiger partial charge on any atom is -0.368 e. The number of anilines is 1. The normalized spacial score (nSPS) is 20.4. The quantitative estimate of drug-likeness (QED) is 0.840. The van der Waals surface area contributed by atoms with E-state index in [-0.39, 0.29) is 0 Å². The van der Waals surface area contributed by atoms with Crippen molar-refractivity contribution in [2.45, 2.75) is 45.7 Å². The minimum atomic E-state index is 0.611. The van der Waals surface area contributed by atoms with Gasteiger partial charge in [-0.2, -0.15) is 0 Å². The Hall–Kier alpha value is -1.02. The minimum absolute atomic E-state index is 0.611. The van der Waals surface area contributed by atoms with E-state index in [2.05, 4.69) is 55.3 Å². The van der Waals surface area contributed by atoms with Crippen LogP contribution in [0.5, 0.6) is 0 Å². The number of hydrogen-bond donors (Lipinski definition) is 1. The van der Waals surface area contributed by atoms with Crippen LogP contribution in [0, 0.1) is 0 Å². The largest absolute Gasteiger partial charge is 0.368 e. The van der Waals surface area contributed by atoms with Crippen molar-refractivity contribution in [2.75, 3.05) is 18.0 Å². The Bertz CT molecular complexity index is 362. The van der Waals surface area contributed by atoms with Crippen LogP contribution >= 0.6 is 0 Å². The van der Waals surface area contributed by atoms with Crippen molar-refractivity contribution in [3.8, 4) is 0 Å². The van der Waals surface area contributed by atoms with Crippen molar-refractivity contribution >= 4 is 5.69 Å². The Morgan fingerprint density at radius 3 is 2.94 bits per heavy atom. The van der Waals surface area contributed by atoms with Gasteiger partial charge in [-0.15, -0.1) is 0 Å². The van der Waals surface area contributed by atoms with Crippen LogP contribution in [0.2, 0.25) is 0 Å². The first-order valence-corrected chi connectivity index (χ1v) is 6.80. The molecule has 0 saturated heterocycles. The summed E-state index contributed by atoms with van der Waals surface area (Å²) >= 11 is 0. The van der Waals surface area contributed by atoms with Crippen molar-refractivity contribution in [1.29, 1.82) is 0 Å². The maximum Gasteiger partial charge on any atom is 0.0402 e. The molecule has 2 atom stereocenters. The molecule has 1 N–H and O–H groups in total. The Morgan fingerprint density at radius 2 is 2.18 bits per heavy atom. The lowest BCUT2D eigenvalue weighted by Crippen LogP contribution is -2.35. The summed E-state index contributed by atoms with van der Waals surface area (Å²) in [5, 5.41) is 3.48. The lowest BCUT2D eigenvalue weighted by molar-refractivity contribution is 0.515. The van der Waals surface area contributed by atoms with E-state index in [0.29, 0.717) is 12.1 Å². The van der Waals surface area contributed by atoms with Crippen LogP contribution in [-0.4, -0.2) is 25.2 Å². The zero-order chi connectivity index (χ0) is 12.3. The second-order valence-electron chi connectivity index (χ2n) is 5.12. The average Bonchev–Trinajstić information content (AvgIpc) is 2.62. The smallest absolute Gasteiger partial charge is 0.0402 e. The molecule has 0 saturated carbocycles. The van der Waals surface area contributed by atoms with E-state index < -0.39 is 0 Å². The molecule has 17 heavy (non-hydrogen) atoms. The van der Waals surface area contributed by atoms with Gasteiger partial charge in [-0.05, 0) is 44.9 Å². The average molecular weight is 232 g/mol. The third-order valence-corrected chi connectivity index (χ3v) is 3.70. The number of hydrogen-bond acceptors (Lipinski definition) is 2. The fourth-order valence-electron chi connectivity index (χ4n) is 2.75. The number of rotatable bonds is 5. The van der Waals surface area contributed by atoms with Crippen LogP contribution < -0.4 is 10.2 Å². The molecule has 2 heteroatoms. The maximum atomic E-state index is 3.48. The highest BCUT2D eigenvalue weighted by atomic mass is 15.2. The van der Waals surface area contributed by atoms with Crippen LogP contribution in [0.15, 0.2) is 24.3 Å². The van der Waals surface area contributed by atoms with Gasteiger partial charge in [0.05, 0.1) is 0 Å². The third-order valence-electron chi connectivity index (χ3n) is 3.70. The maximum absolute atomic E-state index is 3.48. The lowest BCUT2D eigenvalue weighted by atomic mass is 10.1. The predicted octanol–water partition coefficient (Wildman–Crippen LogP) is 2.83. The van der Waals surface area contributed by atoms with E-state index in [4.69, 9.17) is 0 Å². The fraction of sp³-hybridized carbons (Fsp3) is 0.600. The summed E-state index contributed by atoms with van der Waals surface area (Å²) in [5.74, 6) is 0. The molecular weight excluding hydrogens is 208 g/mol. The topological polar surface area (TPSA) is 15.3 Å². The zero-order valence-corrected chi connectivity index (χ0v) is 11.2. The molecule has 1 aromatic rings. The molecule has 0 spiro atoms. The Morgan fingerprint density at radius 1 is 1.41 bits per heavy atom. The van der Waals surface area contributed by atoms with Gasteiger partial charge in [-0.1, -0.05) is 25.1 Å². The summed E-state index contributed by atoms with van der Waals surface area (Å²) in [6.45, 7) is 9.00. The standard InChI is InChI=1S/C15H24N2/c1-4-16-12(2)9-10-17-13(3)11-14-7-5-6-8-15(14)17/h5-8,12-13,16H,4,9-11H2,1-3H3. The predicted molar refractivity (Wildman–Crippen MR) is 74.7 cm³/mol. The molecule has 0 aliphatic carbocycles. The number of fused-ring (bicyclic) bond motifs is 1. The molecule has 2 nitrogen and oxygen atoms in total. The van der Waals surface area contributed by atoms with Gasteiger partial charge in [0.15, 0.2) is 0 Å². The zero-order valence-electron chi connectivity index (χ0n) is 11.2. The highest BCUT2D eigenvalue weighted by molar-refractivity contribution is 5.59. The molecule has 2 unspecified atom stereocenters. The number of nitrogens with zero attached hydrogens (tertiary/aromatic N) is 1. The molecule has 1 aromatic carbocycles. The summed E-state index contributed by atoms with van der Waals surface area (Å²) < 4.78 is 0. The Balaban J connectivity index is 1.97. The van der Waals surface area contributed by atoms with Gasteiger partial charge < -0.3 is 10.2 Å². The van der Waals surface area contributed by atoms with Crippen LogP contribution in [-0.2, 0) is 6.42 Å². The van der Waals surface area contributed by atoms with Gasteiger partial charge in [-0.25, -0.2) is 0 Å². The monoisotopic (exact) mass is 232 g/mol.